The molecule has 2 rings (SSSR count). The number of ketones is 1. The van der Waals surface area contributed by atoms with Crippen molar-refractivity contribution in [2.45, 2.75) is 77.7 Å². The Balaban J connectivity index is 2.15. The zero-order valence-electron chi connectivity index (χ0n) is 12.7. The Morgan fingerprint density at radius 3 is 2.79 bits per heavy atom. The molecular weight excluding hydrogens is 236 g/mol. The van der Waals surface area contributed by atoms with E-state index in [-0.39, 0.29) is 17.1 Å². The molecule has 2 aliphatic carbocycles. The summed E-state index contributed by atoms with van der Waals surface area (Å²) in [6.45, 7) is 6.55. The molecule has 0 radical (unpaired) electrons. The topological polar surface area (TPSA) is 37.3 Å². The maximum absolute atomic E-state index is 12.2. The van der Waals surface area contributed by atoms with Gasteiger partial charge < -0.3 is 5.11 Å². The van der Waals surface area contributed by atoms with E-state index < -0.39 is 5.60 Å². The second-order valence-corrected chi connectivity index (χ2v) is 7.12. The van der Waals surface area contributed by atoms with Crippen LogP contribution in [0.25, 0.3) is 0 Å². The maximum Gasteiger partial charge on any atom is 0.164 e. The summed E-state index contributed by atoms with van der Waals surface area (Å²) >= 11 is 0. The van der Waals surface area contributed by atoms with Crippen LogP contribution in [0.1, 0.15) is 72.1 Å². The van der Waals surface area contributed by atoms with Crippen LogP contribution in [0, 0.1) is 11.3 Å². The highest BCUT2D eigenvalue weighted by Gasteiger charge is 2.54. The minimum absolute atomic E-state index is 0.108. The van der Waals surface area contributed by atoms with E-state index in [0.29, 0.717) is 12.8 Å². The van der Waals surface area contributed by atoms with Crippen molar-refractivity contribution in [1.29, 1.82) is 0 Å². The second kappa shape index (κ2) is 5.40. The summed E-state index contributed by atoms with van der Waals surface area (Å²) in [6, 6.07) is 0. The first kappa shape index (κ1) is 14.8. The fourth-order valence-electron chi connectivity index (χ4n) is 4.28. The Morgan fingerprint density at radius 2 is 2.11 bits per heavy atom. The minimum Gasteiger partial charge on any atom is -0.382 e. The summed E-state index contributed by atoms with van der Waals surface area (Å²) in [4.78, 5) is 12.2. The molecule has 0 aromatic heterocycles. The summed E-state index contributed by atoms with van der Waals surface area (Å²) < 4.78 is 0. The zero-order valence-corrected chi connectivity index (χ0v) is 12.7. The number of aliphatic hydroxyl groups is 1. The molecule has 108 valence electrons. The van der Waals surface area contributed by atoms with Gasteiger partial charge in [0.1, 0.15) is 5.60 Å². The van der Waals surface area contributed by atoms with Gasteiger partial charge in [0.2, 0.25) is 0 Å². The summed E-state index contributed by atoms with van der Waals surface area (Å²) in [7, 11) is 0. The lowest BCUT2D eigenvalue weighted by molar-refractivity contribution is -0.167. The minimum atomic E-state index is -1.00. The molecule has 1 N–H and O–H groups in total. The Kier molecular flexibility index (Phi) is 4.20. The Hall–Kier alpha value is -0.630. The molecule has 3 atom stereocenters. The average Bonchev–Trinajstić information content (AvgIpc) is 2.31. The number of allylic oxidation sites excluding steroid dienone is 2. The lowest BCUT2D eigenvalue weighted by atomic mass is 9.54. The third kappa shape index (κ3) is 2.79. The standard InChI is InChI=1S/C17H28O2/c1-13(2)7-5-10-16(3)11-6-12-17(19)14(16)8-4-9-15(17)18/h7,14,19H,4-6,8-12H2,1-3H3/t14-,16+,17+/m0/s1. The van der Waals surface area contributed by atoms with Gasteiger partial charge in [-0.15, -0.1) is 0 Å². The van der Waals surface area contributed by atoms with Crippen molar-refractivity contribution in [2.24, 2.45) is 11.3 Å². The van der Waals surface area contributed by atoms with Crippen LogP contribution in [-0.2, 0) is 4.79 Å². The van der Waals surface area contributed by atoms with Gasteiger partial charge >= 0.3 is 0 Å². The van der Waals surface area contributed by atoms with E-state index in [1.807, 2.05) is 0 Å². The molecule has 0 unspecified atom stereocenters. The first-order valence-corrected chi connectivity index (χ1v) is 7.77. The van der Waals surface area contributed by atoms with Crippen molar-refractivity contribution in [1.82, 2.24) is 0 Å². The molecule has 0 saturated heterocycles. The van der Waals surface area contributed by atoms with Gasteiger partial charge in [-0.25, -0.2) is 0 Å². The average molecular weight is 264 g/mol. The van der Waals surface area contributed by atoms with Crippen LogP contribution >= 0.6 is 0 Å². The normalized spacial score (nSPS) is 38.7. The van der Waals surface area contributed by atoms with Crippen molar-refractivity contribution in [2.75, 3.05) is 0 Å². The molecule has 0 amide bonds. The largest absolute Gasteiger partial charge is 0.382 e. The number of hydrogen-bond acceptors (Lipinski definition) is 2. The van der Waals surface area contributed by atoms with Crippen LogP contribution in [0.15, 0.2) is 11.6 Å². The molecule has 0 bridgehead atoms. The highest BCUT2D eigenvalue weighted by Crippen LogP contribution is 2.53. The molecule has 0 aliphatic heterocycles. The summed E-state index contributed by atoms with van der Waals surface area (Å²) in [5.74, 6) is 0.289. The highest BCUT2D eigenvalue weighted by atomic mass is 16.3. The van der Waals surface area contributed by atoms with Crippen molar-refractivity contribution in [3.63, 3.8) is 0 Å². The number of carbonyl (C=O) groups is 1. The number of carbonyl (C=O) groups excluding carboxylic acids is 1. The summed E-state index contributed by atoms with van der Waals surface area (Å²) in [5, 5.41) is 10.8. The monoisotopic (exact) mass is 264 g/mol. The number of Topliss-reactive ketones (excluding diaryl/α,β-unsaturated/α-hetero) is 1. The van der Waals surface area contributed by atoms with Crippen LogP contribution in [-0.4, -0.2) is 16.5 Å². The van der Waals surface area contributed by atoms with E-state index in [0.717, 1.165) is 38.5 Å². The molecule has 2 nitrogen and oxygen atoms in total. The van der Waals surface area contributed by atoms with E-state index in [4.69, 9.17) is 0 Å². The van der Waals surface area contributed by atoms with Crippen LogP contribution in [0.5, 0.6) is 0 Å². The predicted octanol–water partition coefficient (Wildman–Crippen LogP) is 4.02. The van der Waals surface area contributed by atoms with Gasteiger partial charge in [-0.05, 0) is 64.2 Å². The second-order valence-electron chi connectivity index (χ2n) is 7.12. The summed E-state index contributed by atoms with van der Waals surface area (Å²) in [6.07, 6.45) is 9.85. The zero-order chi connectivity index (χ0) is 14.1. The lowest BCUT2D eigenvalue weighted by Gasteiger charge is -2.52. The van der Waals surface area contributed by atoms with Gasteiger partial charge in [0.25, 0.3) is 0 Å². The Labute approximate surface area is 117 Å². The van der Waals surface area contributed by atoms with Gasteiger partial charge in [0.15, 0.2) is 5.78 Å². The van der Waals surface area contributed by atoms with E-state index in [2.05, 4.69) is 26.8 Å². The third-order valence-electron chi connectivity index (χ3n) is 5.37. The Morgan fingerprint density at radius 1 is 1.37 bits per heavy atom. The molecule has 2 fully saturated rings. The maximum atomic E-state index is 12.2. The molecule has 0 aromatic carbocycles. The van der Waals surface area contributed by atoms with E-state index in [9.17, 15) is 9.90 Å². The highest BCUT2D eigenvalue weighted by molar-refractivity contribution is 5.88. The van der Waals surface area contributed by atoms with Crippen LogP contribution in [0.2, 0.25) is 0 Å². The van der Waals surface area contributed by atoms with Gasteiger partial charge in [-0.1, -0.05) is 18.6 Å². The SMILES string of the molecule is CC(C)=CCC[C@]1(C)CCC[C@]2(O)C(=O)CCC[C@@H]12. The fourth-order valence-corrected chi connectivity index (χ4v) is 4.28. The first-order valence-electron chi connectivity index (χ1n) is 7.77. The Bertz CT molecular complexity index is 381. The third-order valence-corrected chi connectivity index (χ3v) is 5.37. The van der Waals surface area contributed by atoms with Gasteiger partial charge in [0.05, 0.1) is 0 Å². The quantitative estimate of drug-likeness (QED) is 0.782. The molecule has 2 heteroatoms. The smallest absolute Gasteiger partial charge is 0.164 e. The molecule has 2 saturated carbocycles. The molecule has 0 aromatic rings. The number of rotatable bonds is 3. The summed E-state index contributed by atoms with van der Waals surface area (Å²) in [5.41, 5.74) is 0.486. The van der Waals surface area contributed by atoms with Gasteiger partial charge in [-0.3, -0.25) is 4.79 Å². The van der Waals surface area contributed by atoms with Gasteiger partial charge in [-0.2, -0.15) is 0 Å². The molecule has 19 heavy (non-hydrogen) atoms. The molecule has 0 heterocycles. The van der Waals surface area contributed by atoms with Crippen molar-refractivity contribution in [3.05, 3.63) is 11.6 Å². The van der Waals surface area contributed by atoms with Crippen molar-refractivity contribution >= 4 is 5.78 Å². The van der Waals surface area contributed by atoms with Crippen molar-refractivity contribution < 1.29 is 9.90 Å². The predicted molar refractivity (Wildman–Crippen MR) is 77.9 cm³/mol. The van der Waals surface area contributed by atoms with Crippen molar-refractivity contribution in [3.8, 4) is 0 Å². The molecular formula is C17H28O2. The van der Waals surface area contributed by atoms with Crippen LogP contribution in [0.3, 0.4) is 0 Å². The van der Waals surface area contributed by atoms with E-state index in [1.165, 1.54) is 5.57 Å². The van der Waals surface area contributed by atoms with Gasteiger partial charge in [0, 0.05) is 12.3 Å². The van der Waals surface area contributed by atoms with Crippen LogP contribution in [0.4, 0.5) is 0 Å². The number of fused-ring (bicyclic) bond motifs is 1. The van der Waals surface area contributed by atoms with Crippen LogP contribution < -0.4 is 0 Å². The fraction of sp³-hybridized carbons (Fsp3) is 0.824. The van der Waals surface area contributed by atoms with E-state index >= 15 is 0 Å². The lowest BCUT2D eigenvalue weighted by Crippen LogP contribution is -2.57. The first-order chi connectivity index (χ1) is 8.88. The number of hydrogen-bond donors (Lipinski definition) is 1. The van der Waals surface area contributed by atoms with E-state index in [1.54, 1.807) is 0 Å². The molecule has 2 aliphatic rings. The molecule has 0 spiro atoms.